The number of carbonyl (C=O) groups excluding carboxylic acids is 1. The second-order valence-electron chi connectivity index (χ2n) is 11.5. The first-order chi connectivity index (χ1) is 21.9. The van der Waals surface area contributed by atoms with Crippen molar-refractivity contribution in [2.45, 2.75) is 19.5 Å². The van der Waals surface area contributed by atoms with Gasteiger partial charge in [0, 0.05) is 69.1 Å². The third-order valence-corrected chi connectivity index (χ3v) is 8.20. The number of nitrogens with two attached hydrogens (primary N) is 2. The molecule has 0 aliphatic carbocycles. The number of nitrogens with zero attached hydrogens (tertiary/aromatic N) is 5. The van der Waals surface area contributed by atoms with Crippen LogP contribution in [-0.4, -0.2) is 81.5 Å². The highest BCUT2D eigenvalue weighted by Gasteiger charge is 2.37. The second kappa shape index (κ2) is 13.9. The Kier molecular flexibility index (Phi) is 9.99. The summed E-state index contributed by atoms with van der Waals surface area (Å²) in [5.41, 5.74) is 7.99. The van der Waals surface area contributed by atoms with Crippen molar-refractivity contribution in [3.63, 3.8) is 0 Å². The lowest BCUT2D eigenvalue weighted by atomic mass is 10.1. The number of allylic oxidation sites excluding steroid dienone is 3. The van der Waals surface area contributed by atoms with E-state index in [1.165, 1.54) is 29.4 Å². The number of nitrogens with one attached hydrogen (secondary N) is 1. The van der Waals surface area contributed by atoms with E-state index < -0.39 is 23.5 Å². The number of rotatable bonds is 7. The van der Waals surface area contributed by atoms with Crippen molar-refractivity contribution >= 4 is 29.2 Å². The summed E-state index contributed by atoms with van der Waals surface area (Å²) in [6, 6.07) is 6.57. The van der Waals surface area contributed by atoms with Gasteiger partial charge in [0.15, 0.2) is 5.82 Å². The van der Waals surface area contributed by atoms with E-state index in [2.05, 4.69) is 15.2 Å². The Balaban J connectivity index is 1.34. The van der Waals surface area contributed by atoms with Gasteiger partial charge in [-0.25, -0.2) is 10.2 Å². The summed E-state index contributed by atoms with van der Waals surface area (Å²) in [5.74, 6) is 4.33. The molecule has 2 fully saturated rings. The van der Waals surface area contributed by atoms with E-state index in [1.54, 1.807) is 30.3 Å². The number of piperazine rings is 1. The van der Waals surface area contributed by atoms with Gasteiger partial charge in [-0.3, -0.25) is 14.8 Å². The van der Waals surface area contributed by atoms with Gasteiger partial charge in [0.1, 0.15) is 0 Å². The Hall–Kier alpha value is -4.40. The number of hydrogen-bond acceptors (Lipinski definition) is 9. The number of carbonyl (C=O) groups is 1. The molecule has 0 atom stereocenters. The number of aliphatic imine (C=N–C) groups is 1. The van der Waals surface area contributed by atoms with Gasteiger partial charge >= 0.3 is 6.18 Å². The number of amides is 1. The van der Waals surface area contributed by atoms with Crippen molar-refractivity contribution < 1.29 is 27.1 Å². The fraction of sp³-hybridized carbons (Fsp3) is 0.375. The second-order valence-corrected chi connectivity index (χ2v) is 11.5. The quantitative estimate of drug-likeness (QED) is 0.234. The highest BCUT2D eigenvalue weighted by atomic mass is 19.4. The molecule has 0 bridgehead atoms. The normalized spacial score (nSPS) is 18.2. The van der Waals surface area contributed by atoms with Crippen molar-refractivity contribution in [3.8, 4) is 0 Å². The van der Waals surface area contributed by atoms with Gasteiger partial charge in [0.2, 0.25) is 0 Å². The average molecular weight is 643 g/mol. The fourth-order valence-electron chi connectivity index (χ4n) is 5.45. The molecule has 3 heterocycles. The number of anilines is 3. The predicted molar refractivity (Wildman–Crippen MR) is 171 cm³/mol. The van der Waals surface area contributed by atoms with Gasteiger partial charge in [0.25, 0.3) is 5.91 Å². The maximum atomic E-state index is 15.1. The molecule has 2 aromatic rings. The zero-order valence-corrected chi connectivity index (χ0v) is 25.8. The summed E-state index contributed by atoms with van der Waals surface area (Å²) < 4.78 is 62.0. The van der Waals surface area contributed by atoms with Gasteiger partial charge in [0.05, 0.1) is 41.5 Å². The number of likely N-dealkylation sites (N-methyl/N-ethyl adjacent to an activating group) is 1. The van der Waals surface area contributed by atoms with Crippen molar-refractivity contribution in [3.05, 3.63) is 88.3 Å². The van der Waals surface area contributed by atoms with E-state index in [9.17, 15) is 18.0 Å². The lowest BCUT2D eigenvalue weighted by molar-refractivity contribution is -0.139. The van der Waals surface area contributed by atoms with E-state index >= 15 is 4.39 Å². The lowest BCUT2D eigenvalue weighted by Crippen LogP contribution is -2.45. The molecular weight excluding hydrogens is 604 g/mol. The fourth-order valence-corrected chi connectivity index (χ4v) is 5.45. The molecule has 10 nitrogen and oxygen atoms in total. The third kappa shape index (κ3) is 7.69. The van der Waals surface area contributed by atoms with E-state index in [0.29, 0.717) is 63.3 Å². The molecule has 5 rings (SSSR count). The number of morpholine rings is 1. The van der Waals surface area contributed by atoms with Crippen LogP contribution in [0.3, 0.4) is 0 Å². The molecule has 46 heavy (non-hydrogen) atoms. The molecule has 246 valence electrons. The summed E-state index contributed by atoms with van der Waals surface area (Å²) in [4.78, 5) is 23.5. The Morgan fingerprint density at radius 3 is 2.48 bits per heavy atom. The molecule has 5 N–H and O–H groups in total. The first kappa shape index (κ1) is 33.0. The smallest absolute Gasteiger partial charge is 0.397 e. The largest absolute Gasteiger partial charge is 0.419 e. The highest BCUT2D eigenvalue weighted by Crippen LogP contribution is 2.38. The summed E-state index contributed by atoms with van der Waals surface area (Å²) in [6.45, 7) is 6.49. The summed E-state index contributed by atoms with van der Waals surface area (Å²) in [5, 5.41) is 3.80. The van der Waals surface area contributed by atoms with E-state index in [1.807, 2.05) is 18.0 Å². The Morgan fingerprint density at radius 2 is 1.78 bits per heavy atom. The molecule has 14 heteroatoms. The molecule has 1 amide bonds. The number of aryl methyl sites for hydroxylation is 1. The lowest BCUT2D eigenvalue weighted by Gasteiger charge is -2.34. The van der Waals surface area contributed by atoms with Crippen LogP contribution in [0.25, 0.3) is 0 Å². The number of hydrogen-bond donors (Lipinski definition) is 3. The Labute approximate surface area is 265 Å². The molecule has 2 saturated heterocycles. The van der Waals surface area contributed by atoms with E-state index in [4.69, 9.17) is 16.3 Å². The zero-order valence-electron chi connectivity index (χ0n) is 25.8. The van der Waals surface area contributed by atoms with Gasteiger partial charge in [-0.2, -0.15) is 13.2 Å². The van der Waals surface area contributed by atoms with Crippen LogP contribution >= 0.6 is 0 Å². The third-order valence-electron chi connectivity index (χ3n) is 8.20. The molecule has 0 saturated carbocycles. The average Bonchev–Trinajstić information content (AvgIpc) is 3.29. The van der Waals surface area contributed by atoms with Crippen LogP contribution in [0.5, 0.6) is 0 Å². The number of halogens is 4. The highest BCUT2D eigenvalue weighted by molar-refractivity contribution is 6.05. The van der Waals surface area contributed by atoms with Crippen molar-refractivity contribution in [2.24, 2.45) is 16.6 Å². The minimum absolute atomic E-state index is 0.137. The molecule has 3 aliphatic heterocycles. The number of benzene rings is 2. The Bertz CT molecular complexity index is 1570. The van der Waals surface area contributed by atoms with Crippen LogP contribution in [-0.2, 0) is 10.9 Å². The SMILES string of the molecule is Cc1ccc(C(=O)Nc2cc(N3CCN(C)CC3)c(F)c(C(F)(F)F)c2)cc1N(N)/C=C(\N)C1=CN=CC(N2CCOCC2)=CC1. The van der Waals surface area contributed by atoms with Crippen LogP contribution in [0.15, 0.2) is 70.8 Å². The molecular formula is C32H38F4N8O2. The molecule has 0 unspecified atom stereocenters. The minimum Gasteiger partial charge on any atom is -0.397 e. The van der Waals surface area contributed by atoms with Crippen molar-refractivity contribution in [1.82, 2.24) is 9.80 Å². The predicted octanol–water partition coefficient (Wildman–Crippen LogP) is 4.21. The van der Waals surface area contributed by atoms with Crippen LogP contribution in [0.2, 0.25) is 0 Å². The van der Waals surface area contributed by atoms with Crippen LogP contribution in [0.1, 0.15) is 27.9 Å². The molecule has 3 aliphatic rings. The number of alkyl halides is 3. The molecule has 2 aromatic carbocycles. The molecule has 0 aromatic heterocycles. The topological polar surface area (TPSA) is 116 Å². The molecule has 0 spiro atoms. The number of ether oxygens (including phenoxy) is 1. The Morgan fingerprint density at radius 1 is 1.07 bits per heavy atom. The zero-order chi connectivity index (χ0) is 33.0. The van der Waals surface area contributed by atoms with Crippen molar-refractivity contribution in [1.29, 1.82) is 0 Å². The maximum Gasteiger partial charge on any atom is 0.419 e. The van der Waals surface area contributed by atoms with E-state index in [0.717, 1.165) is 29.9 Å². The summed E-state index contributed by atoms with van der Waals surface area (Å²) in [7, 11) is 1.89. The number of hydrazine groups is 1. The van der Waals surface area contributed by atoms with Crippen LogP contribution in [0, 0.1) is 12.7 Å². The standard InChI is InChI=1S/C32H38F4N8O2/c1-21-3-4-22(15-28(21)44(38)20-27(37)23-5-6-25(19-39-18-23)42-11-13-46-14-12-42)31(45)40-24-16-26(32(34,35)36)30(33)29(17-24)43-9-7-41(2)8-10-43/h3-4,6,15-20H,5,7-14,37-38H2,1-2H3,(H,40,45)/b27-20-. The monoisotopic (exact) mass is 642 g/mol. The summed E-state index contributed by atoms with van der Waals surface area (Å²) in [6.07, 6.45) is 2.60. The first-order valence-electron chi connectivity index (χ1n) is 14.9. The van der Waals surface area contributed by atoms with Gasteiger partial charge < -0.3 is 30.5 Å². The van der Waals surface area contributed by atoms with Gasteiger partial charge in [-0.15, -0.1) is 0 Å². The molecule has 0 radical (unpaired) electrons. The van der Waals surface area contributed by atoms with Crippen LogP contribution in [0.4, 0.5) is 34.6 Å². The van der Waals surface area contributed by atoms with Gasteiger partial charge in [-0.05, 0) is 55.8 Å². The maximum absolute atomic E-state index is 15.1. The van der Waals surface area contributed by atoms with Gasteiger partial charge in [-0.1, -0.05) is 12.1 Å². The van der Waals surface area contributed by atoms with Crippen molar-refractivity contribution in [2.75, 3.05) is 74.8 Å². The minimum atomic E-state index is -4.95. The van der Waals surface area contributed by atoms with Crippen LogP contribution < -0.4 is 26.8 Å². The summed E-state index contributed by atoms with van der Waals surface area (Å²) >= 11 is 0. The first-order valence-corrected chi connectivity index (χ1v) is 14.9. The van der Waals surface area contributed by atoms with E-state index in [-0.39, 0.29) is 16.9 Å².